The minimum atomic E-state index is -1.20. The van der Waals surface area contributed by atoms with Crippen molar-refractivity contribution >= 4 is 31.7 Å². The van der Waals surface area contributed by atoms with Gasteiger partial charge in [0, 0.05) is 34.3 Å². The van der Waals surface area contributed by atoms with Gasteiger partial charge in [-0.1, -0.05) is 6.32 Å². The third-order valence-electron chi connectivity index (χ3n) is 3.73. The predicted molar refractivity (Wildman–Crippen MR) is 95.9 cm³/mol. The summed E-state index contributed by atoms with van der Waals surface area (Å²) in [6.45, 7) is 4.75. The zero-order valence-corrected chi connectivity index (χ0v) is 16.8. The molecule has 0 radical (unpaired) electrons. The lowest BCUT2D eigenvalue weighted by molar-refractivity contribution is -0.308. The van der Waals surface area contributed by atoms with Crippen LogP contribution in [-0.4, -0.2) is 75.6 Å². The molecule has 1 unspecified atom stereocenters. The lowest BCUT2D eigenvalue weighted by Gasteiger charge is -2.44. The summed E-state index contributed by atoms with van der Waals surface area (Å²) in [6.07, 6.45) is -4.07. The Kier molecular flexibility index (Phi) is 9.95. The Balaban J connectivity index is 3.21. The van der Waals surface area contributed by atoms with Crippen LogP contribution in [0.4, 0.5) is 0 Å². The highest BCUT2D eigenvalue weighted by molar-refractivity contribution is 6.08. The molecular weight excluding hydrogens is 375 g/mol. The SMILES string of the molecule is BCCCOC1O[C@H](COC(C)=O)[C@@H](OC(C)=O)[C@H](OC(C)=O)[C@@H]1OC(C)=O. The molecule has 158 valence electrons. The molecule has 0 aromatic carbocycles. The van der Waals surface area contributed by atoms with Crippen LogP contribution in [0.2, 0.25) is 6.32 Å². The van der Waals surface area contributed by atoms with Gasteiger partial charge in [0.2, 0.25) is 0 Å². The topological polar surface area (TPSA) is 124 Å². The Labute approximate surface area is 164 Å². The van der Waals surface area contributed by atoms with Crippen molar-refractivity contribution in [3.8, 4) is 0 Å². The van der Waals surface area contributed by atoms with Crippen LogP contribution >= 0.6 is 0 Å². The average molecular weight is 402 g/mol. The summed E-state index contributed by atoms with van der Waals surface area (Å²) in [4.78, 5) is 46.0. The summed E-state index contributed by atoms with van der Waals surface area (Å²) in [5, 5.41) is 0. The van der Waals surface area contributed by atoms with E-state index in [1.54, 1.807) is 0 Å². The third kappa shape index (κ3) is 7.85. The lowest BCUT2D eigenvalue weighted by atomic mass is 9.98. The second-order valence-electron chi connectivity index (χ2n) is 6.29. The predicted octanol–water partition coefficient (Wildman–Crippen LogP) is -0.472. The first-order valence-electron chi connectivity index (χ1n) is 9.07. The molecule has 11 heteroatoms. The Morgan fingerprint density at radius 3 is 1.86 bits per heavy atom. The van der Waals surface area contributed by atoms with Gasteiger partial charge in [-0.25, -0.2) is 0 Å². The Morgan fingerprint density at radius 1 is 0.821 bits per heavy atom. The monoisotopic (exact) mass is 402 g/mol. The molecule has 0 saturated carbocycles. The normalized spacial score (nSPS) is 26.8. The first-order valence-corrected chi connectivity index (χ1v) is 9.07. The van der Waals surface area contributed by atoms with Crippen LogP contribution in [0.5, 0.6) is 0 Å². The summed E-state index contributed by atoms with van der Waals surface area (Å²) >= 11 is 0. The molecule has 0 aromatic heterocycles. The second-order valence-corrected chi connectivity index (χ2v) is 6.29. The van der Waals surface area contributed by atoms with Gasteiger partial charge in [-0.05, 0) is 6.42 Å². The number of carbonyl (C=O) groups is 4. The molecule has 1 heterocycles. The van der Waals surface area contributed by atoms with E-state index in [1.807, 2.05) is 7.85 Å². The second kappa shape index (κ2) is 11.7. The van der Waals surface area contributed by atoms with Gasteiger partial charge in [0.05, 0.1) is 0 Å². The van der Waals surface area contributed by atoms with Crippen LogP contribution in [0.1, 0.15) is 34.1 Å². The number of hydrogen-bond donors (Lipinski definition) is 0. The maximum atomic E-state index is 11.6. The first kappa shape index (κ1) is 23.9. The molecule has 0 aliphatic carbocycles. The fourth-order valence-electron chi connectivity index (χ4n) is 2.67. The van der Waals surface area contributed by atoms with E-state index in [9.17, 15) is 19.2 Å². The molecular formula is C17H27BO10. The van der Waals surface area contributed by atoms with E-state index >= 15 is 0 Å². The van der Waals surface area contributed by atoms with E-state index in [2.05, 4.69) is 0 Å². The molecule has 5 atom stereocenters. The van der Waals surface area contributed by atoms with E-state index in [4.69, 9.17) is 28.4 Å². The number of esters is 4. The van der Waals surface area contributed by atoms with Gasteiger partial charge in [-0.15, -0.1) is 0 Å². The van der Waals surface area contributed by atoms with Crippen LogP contribution in [-0.2, 0) is 47.6 Å². The molecule has 1 aliphatic rings. The standard InChI is InChI=1S/C17H27BO10/c1-9(19)24-8-13-14(25-10(2)20)15(26-11(3)21)16(27-12(4)22)17(28-13)23-7-5-6-18/h13-17H,5-8,18H2,1-4H3/t13-,14-,15+,16+,17?/m1/s1. The quantitative estimate of drug-likeness (QED) is 0.216. The van der Waals surface area contributed by atoms with Crippen molar-refractivity contribution in [1.29, 1.82) is 0 Å². The van der Waals surface area contributed by atoms with Gasteiger partial charge in [-0.2, -0.15) is 0 Å². The van der Waals surface area contributed by atoms with Gasteiger partial charge in [0.25, 0.3) is 0 Å². The maximum absolute atomic E-state index is 11.6. The number of hydrogen-bond acceptors (Lipinski definition) is 10. The molecule has 1 saturated heterocycles. The molecule has 1 rings (SSSR count). The van der Waals surface area contributed by atoms with Gasteiger partial charge in [0.15, 0.2) is 24.6 Å². The summed E-state index contributed by atoms with van der Waals surface area (Å²) in [5.74, 6) is -2.58. The lowest BCUT2D eigenvalue weighted by Crippen LogP contribution is -2.63. The molecule has 1 aliphatic heterocycles. The number of carbonyl (C=O) groups excluding carboxylic acids is 4. The van der Waals surface area contributed by atoms with Crippen molar-refractivity contribution in [2.24, 2.45) is 0 Å². The van der Waals surface area contributed by atoms with E-state index < -0.39 is 54.6 Å². The highest BCUT2D eigenvalue weighted by atomic mass is 16.7. The summed E-state index contributed by atoms with van der Waals surface area (Å²) in [6, 6.07) is 0. The highest BCUT2D eigenvalue weighted by Gasteiger charge is 2.52. The van der Waals surface area contributed by atoms with Crippen LogP contribution in [0, 0.1) is 0 Å². The van der Waals surface area contributed by atoms with Crippen LogP contribution in [0.25, 0.3) is 0 Å². The molecule has 0 aromatic rings. The molecule has 1 fully saturated rings. The molecule has 28 heavy (non-hydrogen) atoms. The van der Waals surface area contributed by atoms with Gasteiger partial charge >= 0.3 is 23.9 Å². The largest absolute Gasteiger partial charge is 0.463 e. The first-order chi connectivity index (χ1) is 13.1. The van der Waals surface area contributed by atoms with Crippen molar-refractivity contribution in [2.45, 2.75) is 71.1 Å². The Hall–Kier alpha value is -2.14. The summed E-state index contributed by atoms with van der Waals surface area (Å²) in [5.41, 5.74) is 0. The zero-order valence-electron chi connectivity index (χ0n) is 16.8. The third-order valence-corrected chi connectivity index (χ3v) is 3.73. The number of ether oxygens (including phenoxy) is 6. The van der Waals surface area contributed by atoms with Crippen molar-refractivity contribution in [3.63, 3.8) is 0 Å². The Bertz CT molecular complexity index is 566. The average Bonchev–Trinajstić information content (AvgIpc) is 2.57. The van der Waals surface area contributed by atoms with Crippen molar-refractivity contribution in [2.75, 3.05) is 13.2 Å². The van der Waals surface area contributed by atoms with Crippen LogP contribution < -0.4 is 0 Å². The minimum absolute atomic E-state index is 0.272. The molecule has 10 nitrogen and oxygen atoms in total. The van der Waals surface area contributed by atoms with Crippen LogP contribution in [0.15, 0.2) is 0 Å². The molecule has 0 amide bonds. The van der Waals surface area contributed by atoms with Crippen molar-refractivity contribution in [3.05, 3.63) is 0 Å². The summed E-state index contributed by atoms with van der Waals surface area (Å²) < 4.78 is 32.2. The fourth-order valence-corrected chi connectivity index (χ4v) is 2.67. The van der Waals surface area contributed by atoms with Gasteiger partial charge < -0.3 is 28.4 Å². The van der Waals surface area contributed by atoms with E-state index in [-0.39, 0.29) is 6.61 Å². The van der Waals surface area contributed by atoms with Gasteiger partial charge in [-0.3, -0.25) is 19.2 Å². The van der Waals surface area contributed by atoms with Crippen molar-refractivity contribution < 1.29 is 47.6 Å². The highest BCUT2D eigenvalue weighted by Crippen LogP contribution is 2.30. The fraction of sp³-hybridized carbons (Fsp3) is 0.765. The molecule has 0 N–H and O–H groups in total. The summed E-state index contributed by atoms with van der Waals surface area (Å²) in [7, 11) is 1.97. The minimum Gasteiger partial charge on any atom is -0.463 e. The molecule has 0 bridgehead atoms. The maximum Gasteiger partial charge on any atom is 0.303 e. The Morgan fingerprint density at radius 2 is 1.36 bits per heavy atom. The molecule has 0 spiro atoms. The van der Waals surface area contributed by atoms with E-state index in [1.165, 1.54) is 27.7 Å². The van der Waals surface area contributed by atoms with E-state index in [0.29, 0.717) is 13.0 Å². The smallest absolute Gasteiger partial charge is 0.303 e. The van der Waals surface area contributed by atoms with Crippen molar-refractivity contribution in [1.82, 2.24) is 0 Å². The zero-order chi connectivity index (χ0) is 21.3. The van der Waals surface area contributed by atoms with Gasteiger partial charge in [0.1, 0.15) is 20.6 Å². The number of rotatable bonds is 9. The van der Waals surface area contributed by atoms with E-state index in [0.717, 1.165) is 6.32 Å². The van der Waals surface area contributed by atoms with Crippen LogP contribution in [0.3, 0.4) is 0 Å².